The Morgan fingerprint density at radius 1 is 1.28 bits per heavy atom. The lowest BCUT2D eigenvalue weighted by atomic mass is 10.2. The molecule has 2 amide bonds. The standard InChI is InChI=1S/C13H17FN2O2/c1-9-7-16(8-10(2)18-9)13(17)15-12-5-3-11(14)4-6-12/h3-6,9-10H,7-8H2,1-2H3,(H,15,17)/t9-,10-/m0/s1. The van der Waals surface area contributed by atoms with Crippen molar-refractivity contribution >= 4 is 11.7 Å². The van der Waals surface area contributed by atoms with Crippen molar-refractivity contribution in [3.63, 3.8) is 0 Å². The molecule has 1 aromatic carbocycles. The van der Waals surface area contributed by atoms with Gasteiger partial charge in [-0.3, -0.25) is 0 Å². The van der Waals surface area contributed by atoms with Crippen LogP contribution in [-0.4, -0.2) is 36.2 Å². The third-order valence-electron chi connectivity index (χ3n) is 2.80. The van der Waals surface area contributed by atoms with Crippen LogP contribution in [0.25, 0.3) is 0 Å². The second-order valence-electron chi connectivity index (χ2n) is 4.60. The maximum Gasteiger partial charge on any atom is 0.322 e. The highest BCUT2D eigenvalue weighted by molar-refractivity contribution is 5.89. The molecule has 0 spiro atoms. The van der Waals surface area contributed by atoms with Gasteiger partial charge in [0.05, 0.1) is 12.2 Å². The van der Waals surface area contributed by atoms with Crippen molar-refractivity contribution in [2.24, 2.45) is 0 Å². The normalized spacial score (nSPS) is 23.8. The lowest BCUT2D eigenvalue weighted by Gasteiger charge is -2.35. The zero-order valence-electron chi connectivity index (χ0n) is 10.5. The van der Waals surface area contributed by atoms with Gasteiger partial charge in [-0.25, -0.2) is 9.18 Å². The molecule has 0 bridgehead atoms. The van der Waals surface area contributed by atoms with Crippen LogP contribution >= 0.6 is 0 Å². The number of ether oxygens (including phenoxy) is 1. The maximum atomic E-state index is 12.7. The number of hydrogen-bond donors (Lipinski definition) is 1. The van der Waals surface area contributed by atoms with Crippen LogP contribution < -0.4 is 5.32 Å². The summed E-state index contributed by atoms with van der Waals surface area (Å²) in [6, 6.07) is 5.55. The van der Waals surface area contributed by atoms with Crippen molar-refractivity contribution in [3.8, 4) is 0 Å². The number of nitrogens with zero attached hydrogens (tertiary/aromatic N) is 1. The fourth-order valence-corrected chi connectivity index (χ4v) is 2.08. The van der Waals surface area contributed by atoms with E-state index in [1.165, 1.54) is 12.1 Å². The maximum absolute atomic E-state index is 12.7. The van der Waals surface area contributed by atoms with Crippen molar-refractivity contribution in [1.82, 2.24) is 4.90 Å². The minimum Gasteiger partial charge on any atom is -0.372 e. The Bertz CT molecular complexity index is 412. The molecule has 0 aliphatic carbocycles. The molecule has 1 saturated heterocycles. The smallest absolute Gasteiger partial charge is 0.322 e. The highest BCUT2D eigenvalue weighted by Gasteiger charge is 2.25. The molecule has 1 heterocycles. The second-order valence-corrected chi connectivity index (χ2v) is 4.60. The molecule has 0 radical (unpaired) electrons. The first-order valence-electron chi connectivity index (χ1n) is 6.01. The van der Waals surface area contributed by atoms with E-state index in [-0.39, 0.29) is 24.1 Å². The van der Waals surface area contributed by atoms with Crippen LogP contribution in [0.15, 0.2) is 24.3 Å². The molecule has 5 heteroatoms. The molecule has 1 N–H and O–H groups in total. The van der Waals surface area contributed by atoms with Crippen molar-refractivity contribution in [2.45, 2.75) is 26.1 Å². The molecule has 1 fully saturated rings. The van der Waals surface area contributed by atoms with E-state index in [4.69, 9.17) is 4.74 Å². The van der Waals surface area contributed by atoms with Crippen molar-refractivity contribution in [3.05, 3.63) is 30.1 Å². The first-order chi connectivity index (χ1) is 8.54. The van der Waals surface area contributed by atoms with Gasteiger partial charge in [0.2, 0.25) is 0 Å². The van der Waals surface area contributed by atoms with E-state index < -0.39 is 0 Å². The summed E-state index contributed by atoms with van der Waals surface area (Å²) >= 11 is 0. The van der Waals surface area contributed by atoms with E-state index in [1.807, 2.05) is 13.8 Å². The molecule has 1 aromatic rings. The molecule has 2 rings (SSSR count). The molecule has 4 nitrogen and oxygen atoms in total. The topological polar surface area (TPSA) is 41.6 Å². The number of benzene rings is 1. The predicted octanol–water partition coefficient (Wildman–Crippen LogP) is 2.47. The van der Waals surface area contributed by atoms with Crippen LogP contribution in [0.3, 0.4) is 0 Å². The minimum absolute atomic E-state index is 0.0349. The van der Waals surface area contributed by atoms with Gasteiger partial charge in [0.25, 0.3) is 0 Å². The number of morpholine rings is 1. The second kappa shape index (κ2) is 5.35. The van der Waals surface area contributed by atoms with E-state index in [2.05, 4.69) is 5.32 Å². The van der Waals surface area contributed by atoms with E-state index >= 15 is 0 Å². The first kappa shape index (κ1) is 12.8. The van der Waals surface area contributed by atoms with Crippen LogP contribution in [-0.2, 0) is 4.74 Å². The number of anilines is 1. The average molecular weight is 252 g/mol. The van der Waals surface area contributed by atoms with Crippen molar-refractivity contribution in [1.29, 1.82) is 0 Å². The number of carbonyl (C=O) groups is 1. The molecule has 1 aliphatic rings. The highest BCUT2D eigenvalue weighted by Crippen LogP contribution is 2.14. The predicted molar refractivity (Wildman–Crippen MR) is 67.0 cm³/mol. The summed E-state index contributed by atoms with van der Waals surface area (Å²) in [6.07, 6.45) is 0.0698. The molecule has 0 unspecified atom stereocenters. The van der Waals surface area contributed by atoms with Gasteiger partial charge in [-0.2, -0.15) is 0 Å². The van der Waals surface area contributed by atoms with Crippen molar-refractivity contribution < 1.29 is 13.9 Å². The third kappa shape index (κ3) is 3.20. The van der Waals surface area contributed by atoms with Crippen LogP contribution in [0.1, 0.15) is 13.8 Å². The summed E-state index contributed by atoms with van der Waals surface area (Å²) in [7, 11) is 0. The number of urea groups is 1. The van der Waals surface area contributed by atoms with E-state index in [9.17, 15) is 9.18 Å². The van der Waals surface area contributed by atoms with Gasteiger partial charge >= 0.3 is 6.03 Å². The van der Waals surface area contributed by atoms with Gasteiger partial charge in [-0.1, -0.05) is 0 Å². The summed E-state index contributed by atoms with van der Waals surface area (Å²) in [5.74, 6) is -0.318. The number of amides is 2. The molecular weight excluding hydrogens is 235 g/mol. The zero-order chi connectivity index (χ0) is 13.1. The third-order valence-corrected chi connectivity index (χ3v) is 2.80. The van der Waals surface area contributed by atoms with Gasteiger partial charge in [0.1, 0.15) is 5.82 Å². The average Bonchev–Trinajstić information content (AvgIpc) is 2.31. The van der Waals surface area contributed by atoms with Crippen LogP contribution in [0.2, 0.25) is 0 Å². The molecule has 0 saturated carbocycles. The SMILES string of the molecule is C[C@H]1CN(C(=O)Nc2ccc(F)cc2)C[C@H](C)O1. The Labute approximate surface area is 106 Å². The van der Waals surface area contributed by atoms with Crippen LogP contribution in [0.4, 0.5) is 14.9 Å². The molecule has 98 valence electrons. The van der Waals surface area contributed by atoms with Gasteiger partial charge < -0.3 is 15.0 Å². The Morgan fingerprint density at radius 2 is 1.83 bits per heavy atom. The van der Waals surface area contributed by atoms with Crippen LogP contribution in [0, 0.1) is 5.82 Å². The largest absolute Gasteiger partial charge is 0.372 e. The monoisotopic (exact) mass is 252 g/mol. The van der Waals surface area contributed by atoms with E-state index in [0.717, 1.165) is 0 Å². The number of hydrogen-bond acceptors (Lipinski definition) is 2. The van der Waals surface area contributed by atoms with Gasteiger partial charge in [0, 0.05) is 18.8 Å². The lowest BCUT2D eigenvalue weighted by molar-refractivity contribution is -0.0530. The Morgan fingerprint density at radius 3 is 2.39 bits per heavy atom. The fraction of sp³-hybridized carbons (Fsp3) is 0.462. The van der Waals surface area contributed by atoms with E-state index in [0.29, 0.717) is 18.8 Å². The molecule has 2 atom stereocenters. The number of nitrogens with one attached hydrogen (secondary N) is 1. The lowest BCUT2D eigenvalue weighted by Crippen LogP contribution is -2.49. The summed E-state index contributed by atoms with van der Waals surface area (Å²) in [5, 5.41) is 2.74. The zero-order valence-corrected chi connectivity index (χ0v) is 10.5. The first-order valence-corrected chi connectivity index (χ1v) is 6.01. The van der Waals surface area contributed by atoms with Gasteiger partial charge in [-0.15, -0.1) is 0 Å². The van der Waals surface area contributed by atoms with Crippen LogP contribution in [0.5, 0.6) is 0 Å². The summed E-state index contributed by atoms with van der Waals surface area (Å²) in [6.45, 7) is 5.01. The van der Waals surface area contributed by atoms with Crippen molar-refractivity contribution in [2.75, 3.05) is 18.4 Å². The summed E-state index contributed by atoms with van der Waals surface area (Å²) < 4.78 is 18.3. The Kier molecular flexibility index (Phi) is 3.81. The molecule has 1 aliphatic heterocycles. The number of halogens is 1. The molecule has 0 aromatic heterocycles. The minimum atomic E-state index is -0.318. The molecule has 18 heavy (non-hydrogen) atoms. The fourth-order valence-electron chi connectivity index (χ4n) is 2.08. The summed E-state index contributed by atoms with van der Waals surface area (Å²) in [4.78, 5) is 13.7. The highest BCUT2D eigenvalue weighted by atomic mass is 19.1. The Balaban J connectivity index is 1.97. The number of carbonyl (C=O) groups excluding carboxylic acids is 1. The van der Waals surface area contributed by atoms with Gasteiger partial charge in [0.15, 0.2) is 0 Å². The van der Waals surface area contributed by atoms with Gasteiger partial charge in [-0.05, 0) is 38.1 Å². The molecular formula is C13H17FN2O2. The number of rotatable bonds is 1. The summed E-state index contributed by atoms with van der Waals surface area (Å²) in [5.41, 5.74) is 0.591. The quantitative estimate of drug-likeness (QED) is 0.834. The van der Waals surface area contributed by atoms with E-state index in [1.54, 1.807) is 17.0 Å². The Hall–Kier alpha value is -1.62.